The number of aromatic nitrogens is 3. The van der Waals surface area contributed by atoms with E-state index in [-0.39, 0.29) is 30.2 Å². The van der Waals surface area contributed by atoms with Crippen LogP contribution in [-0.2, 0) is 6.54 Å². The van der Waals surface area contributed by atoms with Crippen molar-refractivity contribution >= 4 is 5.91 Å². The number of nitrogens with one attached hydrogen (secondary N) is 1. The molecule has 7 heteroatoms. The van der Waals surface area contributed by atoms with Crippen LogP contribution in [0.2, 0.25) is 0 Å². The molecule has 1 fully saturated rings. The summed E-state index contributed by atoms with van der Waals surface area (Å²) in [5.41, 5.74) is 1.26. The lowest BCUT2D eigenvalue weighted by Crippen LogP contribution is -2.41. The number of amides is 1. The van der Waals surface area contributed by atoms with E-state index in [0.717, 1.165) is 12.2 Å². The SMILES string of the molecule is O=C(N[C@@H]1CN(Cc2ccccn2)C[C@H]1CO)c1cnccn1. The standard InChI is InChI=1S/C16H19N5O2/c22-11-12-8-21(9-13-3-1-2-4-18-13)10-15(12)20-16(23)14-7-17-5-6-19-14/h1-7,12,15,22H,8-11H2,(H,20,23)/t12-,15+/m0/s1. The fourth-order valence-electron chi connectivity index (χ4n) is 2.82. The maximum Gasteiger partial charge on any atom is 0.271 e. The summed E-state index contributed by atoms with van der Waals surface area (Å²) in [7, 11) is 0. The lowest BCUT2D eigenvalue weighted by atomic mass is 10.1. The van der Waals surface area contributed by atoms with Gasteiger partial charge in [-0.05, 0) is 12.1 Å². The van der Waals surface area contributed by atoms with Crippen LogP contribution in [0, 0.1) is 5.92 Å². The highest BCUT2D eigenvalue weighted by molar-refractivity contribution is 5.92. The number of carbonyl (C=O) groups excluding carboxylic acids is 1. The van der Waals surface area contributed by atoms with E-state index in [2.05, 4.69) is 25.2 Å². The molecule has 2 atom stereocenters. The third-order valence-electron chi connectivity index (χ3n) is 3.98. The normalized spacial score (nSPS) is 21.3. The van der Waals surface area contributed by atoms with Crippen LogP contribution in [0.4, 0.5) is 0 Å². The molecule has 0 aromatic carbocycles. The largest absolute Gasteiger partial charge is 0.396 e. The van der Waals surface area contributed by atoms with Gasteiger partial charge in [-0.25, -0.2) is 4.98 Å². The van der Waals surface area contributed by atoms with E-state index in [1.54, 1.807) is 6.20 Å². The van der Waals surface area contributed by atoms with Gasteiger partial charge in [0.1, 0.15) is 5.69 Å². The van der Waals surface area contributed by atoms with Gasteiger partial charge in [0.25, 0.3) is 5.91 Å². The Morgan fingerprint density at radius 3 is 2.87 bits per heavy atom. The van der Waals surface area contributed by atoms with Gasteiger partial charge in [0.2, 0.25) is 0 Å². The number of aliphatic hydroxyl groups is 1. The Morgan fingerprint density at radius 2 is 2.17 bits per heavy atom. The molecule has 0 radical (unpaired) electrons. The molecule has 0 bridgehead atoms. The molecule has 2 aromatic heterocycles. The fraction of sp³-hybridized carbons (Fsp3) is 0.375. The van der Waals surface area contributed by atoms with Crippen molar-refractivity contribution in [1.82, 2.24) is 25.2 Å². The summed E-state index contributed by atoms with van der Waals surface area (Å²) in [6, 6.07) is 5.70. The van der Waals surface area contributed by atoms with E-state index in [1.165, 1.54) is 18.6 Å². The van der Waals surface area contributed by atoms with Gasteiger partial charge < -0.3 is 10.4 Å². The van der Waals surface area contributed by atoms with E-state index >= 15 is 0 Å². The third kappa shape index (κ3) is 3.88. The Bertz CT molecular complexity index is 637. The Kier molecular flexibility index (Phi) is 4.89. The van der Waals surface area contributed by atoms with Gasteiger partial charge in [0.15, 0.2) is 0 Å². The van der Waals surface area contributed by atoms with Gasteiger partial charge in [-0.2, -0.15) is 0 Å². The first-order chi connectivity index (χ1) is 11.3. The highest BCUT2D eigenvalue weighted by atomic mass is 16.3. The molecule has 120 valence electrons. The first-order valence-electron chi connectivity index (χ1n) is 7.56. The molecule has 0 spiro atoms. The number of hydrogen-bond acceptors (Lipinski definition) is 6. The molecule has 3 rings (SSSR count). The highest BCUT2D eigenvalue weighted by Gasteiger charge is 2.33. The minimum atomic E-state index is -0.263. The zero-order chi connectivity index (χ0) is 16.1. The zero-order valence-electron chi connectivity index (χ0n) is 12.7. The highest BCUT2D eigenvalue weighted by Crippen LogP contribution is 2.19. The van der Waals surface area contributed by atoms with E-state index in [0.29, 0.717) is 13.1 Å². The van der Waals surface area contributed by atoms with Crippen molar-refractivity contribution < 1.29 is 9.90 Å². The zero-order valence-corrected chi connectivity index (χ0v) is 12.7. The third-order valence-corrected chi connectivity index (χ3v) is 3.98. The van der Waals surface area contributed by atoms with Crippen LogP contribution in [0.1, 0.15) is 16.2 Å². The molecule has 23 heavy (non-hydrogen) atoms. The molecule has 3 heterocycles. The van der Waals surface area contributed by atoms with Crippen LogP contribution in [0.5, 0.6) is 0 Å². The lowest BCUT2D eigenvalue weighted by molar-refractivity contribution is 0.0915. The van der Waals surface area contributed by atoms with Crippen molar-refractivity contribution in [2.45, 2.75) is 12.6 Å². The summed E-state index contributed by atoms with van der Waals surface area (Å²) in [6.07, 6.45) is 6.21. The summed E-state index contributed by atoms with van der Waals surface area (Å²) >= 11 is 0. The molecular weight excluding hydrogens is 294 g/mol. The average molecular weight is 313 g/mol. The molecule has 1 aliphatic heterocycles. The summed E-state index contributed by atoms with van der Waals surface area (Å²) in [4.78, 5) is 26.6. The van der Waals surface area contributed by atoms with Crippen LogP contribution in [-0.4, -0.2) is 56.6 Å². The Labute approximate surface area is 134 Å². The second kappa shape index (κ2) is 7.26. The predicted molar refractivity (Wildman–Crippen MR) is 83.4 cm³/mol. The molecule has 1 saturated heterocycles. The monoisotopic (exact) mass is 313 g/mol. The first-order valence-corrected chi connectivity index (χ1v) is 7.56. The van der Waals surface area contributed by atoms with Crippen molar-refractivity contribution in [3.8, 4) is 0 Å². The summed E-state index contributed by atoms with van der Waals surface area (Å²) in [6.45, 7) is 2.13. The molecule has 2 N–H and O–H groups in total. The number of pyridine rings is 1. The molecule has 0 aliphatic carbocycles. The first kappa shape index (κ1) is 15.5. The number of nitrogens with zero attached hydrogens (tertiary/aromatic N) is 4. The van der Waals surface area contributed by atoms with Gasteiger partial charge in [-0.15, -0.1) is 0 Å². The maximum absolute atomic E-state index is 12.2. The Hall–Kier alpha value is -2.38. The van der Waals surface area contributed by atoms with E-state index in [9.17, 15) is 9.90 Å². The van der Waals surface area contributed by atoms with Crippen molar-refractivity contribution in [2.75, 3.05) is 19.7 Å². The molecular formula is C16H19N5O2. The Balaban J connectivity index is 1.62. The van der Waals surface area contributed by atoms with E-state index in [1.807, 2.05) is 18.2 Å². The van der Waals surface area contributed by atoms with Crippen molar-refractivity contribution in [3.63, 3.8) is 0 Å². The van der Waals surface area contributed by atoms with Crippen molar-refractivity contribution in [2.24, 2.45) is 5.92 Å². The number of aliphatic hydroxyl groups excluding tert-OH is 1. The van der Waals surface area contributed by atoms with Crippen LogP contribution in [0.25, 0.3) is 0 Å². The molecule has 1 aliphatic rings. The maximum atomic E-state index is 12.2. The minimum Gasteiger partial charge on any atom is -0.396 e. The van der Waals surface area contributed by atoms with Crippen molar-refractivity contribution in [3.05, 3.63) is 54.4 Å². The molecule has 1 amide bonds. The minimum absolute atomic E-state index is 0.000617. The summed E-state index contributed by atoms with van der Waals surface area (Å²) in [5.74, 6) is -0.263. The fourth-order valence-corrected chi connectivity index (χ4v) is 2.82. The number of carbonyl (C=O) groups is 1. The molecule has 0 unspecified atom stereocenters. The van der Waals surface area contributed by atoms with Gasteiger partial charge >= 0.3 is 0 Å². The van der Waals surface area contributed by atoms with Gasteiger partial charge in [-0.1, -0.05) is 6.07 Å². The predicted octanol–water partition coefficient (Wildman–Crippen LogP) is 0.0943. The Morgan fingerprint density at radius 1 is 1.26 bits per heavy atom. The summed E-state index contributed by atoms with van der Waals surface area (Å²) in [5, 5.41) is 12.5. The lowest BCUT2D eigenvalue weighted by Gasteiger charge is -2.17. The van der Waals surface area contributed by atoms with Crippen molar-refractivity contribution in [1.29, 1.82) is 0 Å². The van der Waals surface area contributed by atoms with Gasteiger partial charge in [0.05, 0.1) is 11.9 Å². The quantitative estimate of drug-likeness (QED) is 0.813. The molecule has 2 aromatic rings. The van der Waals surface area contributed by atoms with Crippen LogP contribution in [0.3, 0.4) is 0 Å². The average Bonchev–Trinajstić information content (AvgIpc) is 2.98. The van der Waals surface area contributed by atoms with Crippen LogP contribution in [0.15, 0.2) is 43.0 Å². The number of hydrogen-bond donors (Lipinski definition) is 2. The van der Waals surface area contributed by atoms with Crippen LogP contribution >= 0.6 is 0 Å². The van der Waals surface area contributed by atoms with E-state index in [4.69, 9.17) is 0 Å². The van der Waals surface area contributed by atoms with Crippen LogP contribution < -0.4 is 5.32 Å². The molecule has 7 nitrogen and oxygen atoms in total. The number of rotatable bonds is 5. The topological polar surface area (TPSA) is 91.2 Å². The van der Waals surface area contributed by atoms with Gasteiger partial charge in [-0.3, -0.25) is 19.7 Å². The van der Waals surface area contributed by atoms with Gasteiger partial charge in [0, 0.05) is 56.8 Å². The summed E-state index contributed by atoms with van der Waals surface area (Å²) < 4.78 is 0. The second-order valence-corrected chi connectivity index (χ2v) is 5.63. The molecule has 0 saturated carbocycles. The second-order valence-electron chi connectivity index (χ2n) is 5.63. The van der Waals surface area contributed by atoms with E-state index < -0.39 is 0 Å². The smallest absolute Gasteiger partial charge is 0.271 e. The number of likely N-dealkylation sites (tertiary alicyclic amines) is 1.